The molecule has 1 aliphatic heterocycles. The van der Waals surface area contributed by atoms with Crippen LogP contribution in [0.15, 0.2) is 54.6 Å². The van der Waals surface area contributed by atoms with E-state index in [4.69, 9.17) is 4.74 Å². The highest BCUT2D eigenvalue weighted by Crippen LogP contribution is 2.26. The number of esters is 1. The summed E-state index contributed by atoms with van der Waals surface area (Å²) < 4.78 is 5.14. The molecule has 0 saturated carbocycles. The first-order valence-corrected chi connectivity index (χ1v) is 9.43. The van der Waals surface area contributed by atoms with Gasteiger partial charge >= 0.3 is 5.97 Å². The van der Waals surface area contributed by atoms with E-state index in [1.807, 2.05) is 24.3 Å². The first-order valence-electron chi connectivity index (χ1n) is 9.43. The van der Waals surface area contributed by atoms with Crippen LogP contribution < -0.4 is 4.90 Å². The van der Waals surface area contributed by atoms with Gasteiger partial charge in [-0.15, -0.1) is 0 Å². The molecular weight excluding hydrogens is 340 g/mol. The minimum Gasteiger partial charge on any atom is -0.462 e. The van der Waals surface area contributed by atoms with Gasteiger partial charge in [0, 0.05) is 13.6 Å². The summed E-state index contributed by atoms with van der Waals surface area (Å²) in [5.41, 5.74) is 2.21. The van der Waals surface area contributed by atoms with Crippen LogP contribution in [0.5, 0.6) is 0 Å². The monoisotopic (exact) mass is 366 g/mol. The lowest BCUT2D eigenvalue weighted by molar-refractivity contribution is -0.122. The highest BCUT2D eigenvalue weighted by Gasteiger charge is 2.33. The summed E-state index contributed by atoms with van der Waals surface area (Å²) in [6, 6.07) is 17.1. The maximum atomic E-state index is 13.2. The number of rotatable bonds is 6. The zero-order valence-corrected chi connectivity index (χ0v) is 15.9. The van der Waals surface area contributed by atoms with Crippen molar-refractivity contribution in [2.24, 2.45) is 0 Å². The molecule has 5 nitrogen and oxygen atoms in total. The van der Waals surface area contributed by atoms with Crippen molar-refractivity contribution in [3.05, 3.63) is 65.7 Å². The summed E-state index contributed by atoms with van der Waals surface area (Å²) in [5, 5.41) is 0. The Morgan fingerprint density at radius 2 is 1.81 bits per heavy atom. The Balaban J connectivity index is 1.78. The number of carbonyl (C=O) groups excluding carboxylic acids is 2. The molecule has 0 radical (unpaired) electrons. The number of carbonyl (C=O) groups is 2. The third-order valence-corrected chi connectivity index (χ3v) is 4.97. The SMILES string of the molecule is CCOC(=O)c1ccccc1N(C)C(=O)C1CCCN1Cc1ccccc1. The number of anilines is 1. The second-order valence-corrected chi connectivity index (χ2v) is 6.75. The fourth-order valence-corrected chi connectivity index (χ4v) is 3.60. The summed E-state index contributed by atoms with van der Waals surface area (Å²) in [4.78, 5) is 29.3. The molecule has 1 atom stereocenters. The molecule has 142 valence electrons. The lowest BCUT2D eigenvalue weighted by Gasteiger charge is -2.29. The molecule has 0 aromatic heterocycles. The minimum absolute atomic E-state index is 0.0141. The average Bonchev–Trinajstić information content (AvgIpc) is 3.16. The van der Waals surface area contributed by atoms with E-state index in [2.05, 4.69) is 17.0 Å². The van der Waals surface area contributed by atoms with E-state index in [9.17, 15) is 9.59 Å². The second kappa shape index (κ2) is 8.82. The topological polar surface area (TPSA) is 49.9 Å². The van der Waals surface area contributed by atoms with Gasteiger partial charge < -0.3 is 9.64 Å². The van der Waals surface area contributed by atoms with Crippen molar-refractivity contribution in [1.82, 2.24) is 4.90 Å². The van der Waals surface area contributed by atoms with Gasteiger partial charge in [0.1, 0.15) is 0 Å². The first-order chi connectivity index (χ1) is 13.1. The van der Waals surface area contributed by atoms with Gasteiger partial charge in [-0.3, -0.25) is 9.69 Å². The summed E-state index contributed by atoms with van der Waals surface area (Å²) in [6.45, 7) is 3.73. The van der Waals surface area contributed by atoms with Gasteiger partial charge in [0.25, 0.3) is 0 Å². The summed E-state index contributed by atoms with van der Waals surface area (Å²) in [7, 11) is 1.74. The normalized spacial score (nSPS) is 16.9. The van der Waals surface area contributed by atoms with E-state index in [0.29, 0.717) is 17.9 Å². The van der Waals surface area contributed by atoms with E-state index in [1.54, 1.807) is 37.1 Å². The zero-order valence-electron chi connectivity index (χ0n) is 15.9. The Hall–Kier alpha value is -2.66. The molecule has 2 aromatic carbocycles. The van der Waals surface area contributed by atoms with Gasteiger partial charge in [0.2, 0.25) is 5.91 Å². The predicted molar refractivity (Wildman–Crippen MR) is 106 cm³/mol. The van der Waals surface area contributed by atoms with Crippen molar-refractivity contribution in [1.29, 1.82) is 0 Å². The molecule has 3 rings (SSSR count). The molecule has 0 aliphatic carbocycles. The number of likely N-dealkylation sites (tertiary alicyclic amines) is 1. The molecule has 2 aromatic rings. The largest absolute Gasteiger partial charge is 0.462 e. The van der Waals surface area contributed by atoms with Gasteiger partial charge in [-0.05, 0) is 44.0 Å². The molecule has 27 heavy (non-hydrogen) atoms. The molecule has 0 N–H and O–H groups in total. The number of amides is 1. The Morgan fingerprint density at radius 1 is 1.11 bits per heavy atom. The molecular formula is C22H26N2O3. The maximum absolute atomic E-state index is 13.2. The van der Waals surface area contributed by atoms with Gasteiger partial charge in [-0.25, -0.2) is 4.79 Å². The van der Waals surface area contributed by atoms with Crippen LogP contribution >= 0.6 is 0 Å². The van der Waals surface area contributed by atoms with Crippen molar-refractivity contribution in [3.8, 4) is 0 Å². The highest BCUT2D eigenvalue weighted by atomic mass is 16.5. The van der Waals surface area contributed by atoms with Crippen LogP contribution in [0, 0.1) is 0 Å². The van der Waals surface area contributed by atoms with Crippen LogP contribution in [-0.4, -0.2) is 43.0 Å². The average molecular weight is 366 g/mol. The van der Waals surface area contributed by atoms with Crippen molar-refractivity contribution >= 4 is 17.6 Å². The molecule has 1 unspecified atom stereocenters. The van der Waals surface area contributed by atoms with Crippen molar-refractivity contribution in [2.45, 2.75) is 32.4 Å². The number of benzene rings is 2. The van der Waals surface area contributed by atoms with E-state index in [-0.39, 0.29) is 11.9 Å². The number of hydrogen-bond donors (Lipinski definition) is 0. The number of para-hydroxylation sites is 1. The quantitative estimate of drug-likeness (QED) is 0.735. The number of likely N-dealkylation sites (N-methyl/N-ethyl adjacent to an activating group) is 1. The molecule has 1 saturated heterocycles. The van der Waals surface area contributed by atoms with Crippen LogP contribution in [0.1, 0.15) is 35.7 Å². The predicted octanol–water partition coefficient (Wildman–Crippen LogP) is 3.49. The molecule has 5 heteroatoms. The fraction of sp³-hybridized carbons (Fsp3) is 0.364. The van der Waals surface area contributed by atoms with Crippen LogP contribution in [0.25, 0.3) is 0 Å². The number of hydrogen-bond acceptors (Lipinski definition) is 4. The summed E-state index contributed by atoms with van der Waals surface area (Å²) in [6.07, 6.45) is 1.83. The Labute approximate surface area is 160 Å². The van der Waals surface area contributed by atoms with E-state index < -0.39 is 5.97 Å². The summed E-state index contributed by atoms with van der Waals surface area (Å²) in [5.74, 6) is -0.388. The fourth-order valence-electron chi connectivity index (χ4n) is 3.60. The number of nitrogens with zero attached hydrogens (tertiary/aromatic N) is 2. The van der Waals surface area contributed by atoms with Gasteiger partial charge in [0.05, 0.1) is 23.9 Å². The molecule has 1 fully saturated rings. The first kappa shape index (κ1) is 19.1. The van der Waals surface area contributed by atoms with Crippen LogP contribution in [0.3, 0.4) is 0 Å². The van der Waals surface area contributed by atoms with Crippen molar-refractivity contribution in [3.63, 3.8) is 0 Å². The van der Waals surface area contributed by atoms with Gasteiger partial charge in [-0.1, -0.05) is 42.5 Å². The summed E-state index contributed by atoms with van der Waals surface area (Å²) >= 11 is 0. The molecule has 1 amide bonds. The van der Waals surface area contributed by atoms with Crippen LogP contribution in [0.4, 0.5) is 5.69 Å². The molecule has 1 heterocycles. The van der Waals surface area contributed by atoms with Crippen molar-refractivity contribution < 1.29 is 14.3 Å². The van der Waals surface area contributed by atoms with Gasteiger partial charge in [-0.2, -0.15) is 0 Å². The maximum Gasteiger partial charge on any atom is 0.340 e. The molecule has 0 spiro atoms. The Bertz CT molecular complexity index is 791. The lowest BCUT2D eigenvalue weighted by atomic mass is 10.1. The standard InChI is InChI=1S/C22H26N2O3/c1-3-27-22(26)18-12-7-8-13-19(18)23(2)21(25)20-14-9-15-24(20)16-17-10-5-4-6-11-17/h4-8,10-13,20H,3,9,14-16H2,1-2H3. The smallest absolute Gasteiger partial charge is 0.340 e. The van der Waals surface area contributed by atoms with Gasteiger partial charge in [0.15, 0.2) is 0 Å². The van der Waals surface area contributed by atoms with Crippen molar-refractivity contribution in [2.75, 3.05) is 25.1 Å². The lowest BCUT2D eigenvalue weighted by Crippen LogP contribution is -2.44. The number of ether oxygens (including phenoxy) is 1. The molecule has 0 bridgehead atoms. The second-order valence-electron chi connectivity index (χ2n) is 6.75. The Kier molecular flexibility index (Phi) is 6.24. The highest BCUT2D eigenvalue weighted by molar-refractivity contribution is 6.04. The third kappa shape index (κ3) is 4.37. The van der Waals surface area contributed by atoms with Crippen LogP contribution in [0.2, 0.25) is 0 Å². The van der Waals surface area contributed by atoms with E-state index >= 15 is 0 Å². The van der Waals surface area contributed by atoms with E-state index in [0.717, 1.165) is 25.9 Å². The van der Waals surface area contributed by atoms with Crippen LogP contribution in [-0.2, 0) is 16.1 Å². The van der Waals surface area contributed by atoms with E-state index in [1.165, 1.54) is 5.56 Å². The zero-order chi connectivity index (χ0) is 19.2. The minimum atomic E-state index is -0.402. The Morgan fingerprint density at radius 3 is 2.56 bits per heavy atom. The molecule has 1 aliphatic rings. The third-order valence-electron chi connectivity index (χ3n) is 4.97.